The Morgan fingerprint density at radius 2 is 0.975 bits per heavy atom. The standard InChI is InChI=1S/C74H71N5O.Pt/c1-70(2,3)47-25-30-64-59(38-47)61-40-51(74(13,14)15)39-60-58-34-46(24-29-63(58)79(64)69(60)61)45-23-28-62-57(33-45)56-27-26-55(43-67(56)78(62)68-41-48(31-32-75-68)71(4,5)6)80-54-20-18-19-52(42-54)76-44-77(66-22-17-16-21-65(66)76)53-36-49(72(7,8)9)35-50(37-53)73(10,11)12;/h16-41H,1-15H3;/q-2;. The molecule has 0 N–H and O–H groups in total. The van der Waals surface area contributed by atoms with Crippen LogP contribution < -0.4 is 9.30 Å². The molecule has 0 saturated heterocycles. The van der Waals surface area contributed by atoms with E-state index in [1.807, 2.05) is 24.4 Å². The van der Waals surface area contributed by atoms with Crippen molar-refractivity contribution >= 4 is 70.9 Å². The molecule has 0 bridgehead atoms. The third-order valence-corrected chi connectivity index (χ3v) is 16.6. The molecule has 0 aliphatic rings. The number of imidazole rings is 1. The molecule has 0 aliphatic carbocycles. The Morgan fingerprint density at radius 1 is 0.432 bits per heavy atom. The molecule has 0 unspecified atom stereocenters. The second kappa shape index (κ2) is 18.8. The summed E-state index contributed by atoms with van der Waals surface area (Å²) in [7, 11) is 0. The van der Waals surface area contributed by atoms with E-state index in [1.54, 1.807) is 0 Å². The summed E-state index contributed by atoms with van der Waals surface area (Å²) in [5.41, 5.74) is 18.4. The molecule has 410 valence electrons. The topological polar surface area (TPSA) is 40.3 Å². The van der Waals surface area contributed by atoms with Gasteiger partial charge < -0.3 is 18.3 Å². The van der Waals surface area contributed by atoms with Gasteiger partial charge in [-0.25, -0.2) is 4.98 Å². The van der Waals surface area contributed by atoms with Crippen molar-refractivity contribution < 1.29 is 30.4 Å². The number of para-hydroxylation sites is 2. The summed E-state index contributed by atoms with van der Waals surface area (Å²) in [5, 5.41) is 7.39. The molecule has 0 aliphatic heterocycles. The van der Waals surface area contributed by atoms with Gasteiger partial charge in [-0.1, -0.05) is 164 Å². The van der Waals surface area contributed by atoms with Gasteiger partial charge in [0.25, 0.3) is 6.33 Å². The number of fused-ring (bicyclic) bond motifs is 10. The zero-order valence-corrected chi connectivity index (χ0v) is 51.7. The summed E-state index contributed by atoms with van der Waals surface area (Å²) in [6.07, 6.45) is 5.66. The minimum absolute atomic E-state index is 0. The van der Waals surface area contributed by atoms with E-state index in [0.29, 0.717) is 11.5 Å². The van der Waals surface area contributed by atoms with Gasteiger partial charge in [-0.15, -0.1) is 29.7 Å². The van der Waals surface area contributed by atoms with Gasteiger partial charge in [-0.05, 0) is 144 Å². The average Bonchev–Trinajstić information content (AvgIpc) is 3.76. The third-order valence-electron chi connectivity index (χ3n) is 16.6. The van der Waals surface area contributed by atoms with Crippen LogP contribution >= 0.6 is 0 Å². The SMILES string of the molecule is CC(C)(C)c1cc(-[n+]2[c-]n(-c3[c-]c(Oc4[c-]c5c(cc4)c4cc(-c6ccc7c(c6)c6cc(C(C)(C)C)cc8c9cc(C(C)(C)C)ccc9n7c68)ccc4n5-c4cc(C(C)(C)C)ccn4)ccc3)c3ccccc32)cc(C(C)(C)C)c1.[Pt]. The summed E-state index contributed by atoms with van der Waals surface area (Å²) < 4.78 is 15.8. The first kappa shape index (κ1) is 54.1. The van der Waals surface area contributed by atoms with Crippen molar-refractivity contribution in [1.29, 1.82) is 0 Å². The van der Waals surface area contributed by atoms with Crippen LogP contribution in [0.5, 0.6) is 11.5 Å². The first-order valence-corrected chi connectivity index (χ1v) is 28.4. The van der Waals surface area contributed by atoms with E-state index in [-0.39, 0.29) is 48.1 Å². The van der Waals surface area contributed by atoms with Crippen LogP contribution in [0.1, 0.15) is 132 Å². The average molecular weight is 1240 g/mol. The molecule has 0 amide bonds. The largest absolute Gasteiger partial charge is 0.510 e. The van der Waals surface area contributed by atoms with Crippen molar-refractivity contribution in [3.8, 4) is 39.8 Å². The van der Waals surface area contributed by atoms with E-state index in [2.05, 4.69) is 274 Å². The second-order valence-corrected chi connectivity index (χ2v) is 27.6. The fourth-order valence-corrected chi connectivity index (χ4v) is 11.8. The maximum atomic E-state index is 6.80. The van der Waals surface area contributed by atoms with Crippen LogP contribution in [0.3, 0.4) is 0 Å². The van der Waals surface area contributed by atoms with E-state index >= 15 is 0 Å². The molecule has 0 fully saturated rings. The van der Waals surface area contributed by atoms with Crippen LogP contribution in [0.25, 0.3) is 99.3 Å². The van der Waals surface area contributed by atoms with Gasteiger partial charge in [0.2, 0.25) is 0 Å². The molecular formula is C74H71N5OPt-2. The van der Waals surface area contributed by atoms with Gasteiger partial charge in [0.05, 0.1) is 33.3 Å². The van der Waals surface area contributed by atoms with Crippen LogP contribution in [0.2, 0.25) is 0 Å². The quantitative estimate of drug-likeness (QED) is 0.123. The van der Waals surface area contributed by atoms with Gasteiger partial charge in [0.1, 0.15) is 5.82 Å². The predicted molar refractivity (Wildman–Crippen MR) is 334 cm³/mol. The van der Waals surface area contributed by atoms with Crippen molar-refractivity contribution in [2.75, 3.05) is 0 Å². The number of hydrogen-bond acceptors (Lipinski definition) is 2. The van der Waals surface area contributed by atoms with Crippen molar-refractivity contribution in [2.24, 2.45) is 0 Å². The number of rotatable bonds is 6. The van der Waals surface area contributed by atoms with Crippen LogP contribution in [0.4, 0.5) is 0 Å². The van der Waals surface area contributed by atoms with E-state index in [9.17, 15) is 0 Å². The molecule has 8 aromatic carbocycles. The number of pyridine rings is 1. The van der Waals surface area contributed by atoms with Crippen LogP contribution in [0.15, 0.2) is 158 Å². The number of nitrogens with zero attached hydrogens (tertiary/aromatic N) is 5. The van der Waals surface area contributed by atoms with Crippen LogP contribution in [-0.2, 0) is 48.1 Å². The molecule has 0 saturated carbocycles. The molecule has 7 heteroatoms. The Labute approximate surface area is 491 Å². The molecular weight excluding hydrogens is 1170 g/mol. The van der Waals surface area contributed by atoms with Gasteiger partial charge in [0.15, 0.2) is 0 Å². The molecule has 5 aromatic heterocycles. The minimum atomic E-state index is -0.0792. The van der Waals surface area contributed by atoms with Crippen LogP contribution in [-0.4, -0.2) is 18.5 Å². The Morgan fingerprint density at radius 3 is 1.62 bits per heavy atom. The smallest absolute Gasteiger partial charge is 0.268 e. The van der Waals surface area contributed by atoms with E-state index in [1.165, 1.54) is 71.5 Å². The molecule has 81 heavy (non-hydrogen) atoms. The maximum Gasteiger partial charge on any atom is 0.268 e. The summed E-state index contributed by atoms with van der Waals surface area (Å²) in [5.74, 6) is 2.00. The van der Waals surface area contributed by atoms with Crippen LogP contribution in [0, 0.1) is 18.5 Å². The Bertz CT molecular complexity index is 4610. The van der Waals surface area contributed by atoms with E-state index in [0.717, 1.165) is 55.6 Å². The fourth-order valence-electron chi connectivity index (χ4n) is 11.8. The number of benzene rings is 8. The zero-order chi connectivity index (χ0) is 56.2. The predicted octanol–water partition coefficient (Wildman–Crippen LogP) is 18.9. The number of aromatic nitrogens is 5. The maximum absolute atomic E-state index is 6.80. The number of ether oxygens (including phenoxy) is 1. The van der Waals surface area contributed by atoms with Gasteiger partial charge in [-0.2, -0.15) is 18.2 Å². The Hall–Kier alpha value is -7.53. The summed E-state index contributed by atoms with van der Waals surface area (Å²) in [6.45, 7) is 34.3. The molecule has 0 radical (unpaired) electrons. The molecule has 0 atom stereocenters. The minimum Gasteiger partial charge on any atom is -0.510 e. The van der Waals surface area contributed by atoms with Gasteiger partial charge in [0, 0.05) is 65.8 Å². The van der Waals surface area contributed by atoms with E-state index in [4.69, 9.17) is 9.72 Å². The first-order valence-electron chi connectivity index (χ1n) is 28.4. The van der Waals surface area contributed by atoms with Crippen molar-refractivity contribution in [1.82, 2.24) is 18.5 Å². The molecule has 13 rings (SSSR count). The molecule has 0 spiro atoms. The summed E-state index contributed by atoms with van der Waals surface area (Å²) in [4.78, 5) is 5.04. The molecule has 13 aromatic rings. The third kappa shape index (κ3) is 9.23. The van der Waals surface area contributed by atoms with Gasteiger partial charge >= 0.3 is 0 Å². The monoisotopic (exact) mass is 1240 g/mol. The first-order chi connectivity index (χ1) is 37.8. The Kier molecular flexibility index (Phi) is 12.5. The number of hydrogen-bond donors (Lipinski definition) is 0. The second-order valence-electron chi connectivity index (χ2n) is 27.6. The zero-order valence-electron chi connectivity index (χ0n) is 49.5. The summed E-state index contributed by atoms with van der Waals surface area (Å²) in [6, 6.07) is 63.3. The van der Waals surface area contributed by atoms with Crippen molar-refractivity contribution in [3.05, 3.63) is 204 Å². The molecule has 5 heterocycles. The van der Waals surface area contributed by atoms with E-state index < -0.39 is 0 Å². The molecule has 6 nitrogen and oxygen atoms in total. The normalized spacial score (nSPS) is 13.0. The van der Waals surface area contributed by atoms with Gasteiger partial charge in [-0.3, -0.25) is 4.57 Å². The summed E-state index contributed by atoms with van der Waals surface area (Å²) >= 11 is 0. The fraction of sp³-hybridized carbons (Fsp3) is 0.270. The van der Waals surface area contributed by atoms with Crippen molar-refractivity contribution in [3.63, 3.8) is 0 Å². The van der Waals surface area contributed by atoms with Crippen molar-refractivity contribution in [2.45, 2.75) is 131 Å². The Balaban J connectivity index is 0.00000651.